The molecule has 0 fully saturated rings. The summed E-state index contributed by atoms with van der Waals surface area (Å²) in [7, 11) is 1.76. The zero-order chi connectivity index (χ0) is 16.7. The monoisotopic (exact) mass is 461 g/mol. The zero-order valence-electron chi connectivity index (χ0n) is 14.4. The number of nitrogens with zero attached hydrogens (tertiary/aromatic N) is 3. The van der Waals surface area contributed by atoms with Crippen molar-refractivity contribution in [3.63, 3.8) is 0 Å². The van der Waals surface area contributed by atoms with Crippen LogP contribution in [0.3, 0.4) is 0 Å². The van der Waals surface area contributed by atoms with E-state index < -0.39 is 0 Å². The Morgan fingerprint density at radius 3 is 2.67 bits per heavy atom. The minimum absolute atomic E-state index is 0. The maximum atomic E-state index is 5.41. The van der Waals surface area contributed by atoms with Crippen LogP contribution in [0.1, 0.15) is 28.1 Å². The van der Waals surface area contributed by atoms with Gasteiger partial charge in [0, 0.05) is 30.7 Å². The number of hydrogen-bond donors (Lipinski definition) is 2. The Hall–Kier alpha value is -1.42. The Balaban J connectivity index is 0.00000288. The van der Waals surface area contributed by atoms with Crippen molar-refractivity contribution in [2.45, 2.75) is 33.9 Å². The molecule has 24 heavy (non-hydrogen) atoms. The van der Waals surface area contributed by atoms with Gasteiger partial charge in [-0.3, -0.25) is 4.99 Å². The largest absolute Gasteiger partial charge is 0.478 e. The van der Waals surface area contributed by atoms with Crippen molar-refractivity contribution in [1.29, 1.82) is 0 Å². The van der Waals surface area contributed by atoms with Gasteiger partial charge in [0.2, 0.25) is 5.88 Å². The van der Waals surface area contributed by atoms with Gasteiger partial charge in [0.05, 0.1) is 23.9 Å². The number of rotatable bonds is 6. The first-order valence-electron chi connectivity index (χ1n) is 7.57. The Morgan fingerprint density at radius 2 is 2.04 bits per heavy atom. The summed E-state index contributed by atoms with van der Waals surface area (Å²) in [6, 6.07) is 3.89. The van der Waals surface area contributed by atoms with Crippen molar-refractivity contribution >= 4 is 41.3 Å². The minimum atomic E-state index is 0. The Morgan fingerprint density at radius 1 is 1.29 bits per heavy atom. The second-order valence-electron chi connectivity index (χ2n) is 4.96. The van der Waals surface area contributed by atoms with Crippen LogP contribution in [0, 0.1) is 13.8 Å². The van der Waals surface area contributed by atoms with E-state index in [0.717, 1.165) is 28.8 Å². The summed E-state index contributed by atoms with van der Waals surface area (Å²) in [4.78, 5) is 14.1. The number of aryl methyl sites for hydroxylation is 2. The molecule has 6 nitrogen and oxygen atoms in total. The van der Waals surface area contributed by atoms with Crippen molar-refractivity contribution < 1.29 is 4.74 Å². The van der Waals surface area contributed by atoms with E-state index in [1.54, 1.807) is 24.6 Å². The molecular formula is C16H24IN5OS. The van der Waals surface area contributed by atoms with Crippen molar-refractivity contribution in [2.75, 3.05) is 13.7 Å². The standard InChI is InChI=1S/C16H23N5OS.HI/c1-5-22-15-8-13(6-7-18-15)9-19-16(17-4)20-10-14-11(2)21-12(3)23-14;/h6-8H,5,9-10H2,1-4H3,(H2,17,19,20);1H. The van der Waals surface area contributed by atoms with Crippen molar-refractivity contribution in [3.8, 4) is 5.88 Å². The van der Waals surface area contributed by atoms with Crippen LogP contribution in [0.4, 0.5) is 0 Å². The number of pyridine rings is 1. The molecule has 132 valence electrons. The number of nitrogens with one attached hydrogen (secondary N) is 2. The fourth-order valence-electron chi connectivity index (χ4n) is 2.10. The topological polar surface area (TPSA) is 71.4 Å². The normalized spacial score (nSPS) is 10.9. The fraction of sp³-hybridized carbons (Fsp3) is 0.438. The molecule has 0 aliphatic heterocycles. The minimum Gasteiger partial charge on any atom is -0.478 e. The summed E-state index contributed by atoms with van der Waals surface area (Å²) in [5.74, 6) is 1.40. The SMILES string of the molecule is CCOc1cc(CNC(=NC)NCc2sc(C)nc2C)ccn1.I. The number of aromatic nitrogens is 2. The molecule has 2 rings (SSSR count). The maximum Gasteiger partial charge on any atom is 0.213 e. The second kappa shape index (κ2) is 10.4. The molecule has 0 aliphatic carbocycles. The van der Waals surface area contributed by atoms with Crippen molar-refractivity contribution in [3.05, 3.63) is 39.5 Å². The lowest BCUT2D eigenvalue weighted by Crippen LogP contribution is -2.36. The summed E-state index contributed by atoms with van der Waals surface area (Å²) >= 11 is 1.71. The average Bonchev–Trinajstić information content (AvgIpc) is 2.86. The number of halogens is 1. The van der Waals surface area contributed by atoms with E-state index >= 15 is 0 Å². The van der Waals surface area contributed by atoms with Gasteiger partial charge in [-0.05, 0) is 32.4 Å². The van der Waals surface area contributed by atoms with Crippen LogP contribution in [0.15, 0.2) is 23.3 Å². The molecule has 0 spiro atoms. The van der Waals surface area contributed by atoms with Gasteiger partial charge < -0.3 is 15.4 Å². The summed E-state index contributed by atoms with van der Waals surface area (Å²) in [6.07, 6.45) is 1.75. The Kier molecular flexibility index (Phi) is 8.98. The lowest BCUT2D eigenvalue weighted by molar-refractivity contribution is 0.326. The fourth-order valence-corrected chi connectivity index (χ4v) is 2.97. The predicted octanol–water partition coefficient (Wildman–Crippen LogP) is 3.04. The number of hydrogen-bond acceptors (Lipinski definition) is 5. The predicted molar refractivity (Wildman–Crippen MR) is 109 cm³/mol. The van der Waals surface area contributed by atoms with Crippen LogP contribution in [-0.4, -0.2) is 29.6 Å². The molecule has 0 amide bonds. The Bertz CT molecular complexity index is 674. The van der Waals surface area contributed by atoms with Gasteiger partial charge in [-0.25, -0.2) is 9.97 Å². The van der Waals surface area contributed by atoms with Gasteiger partial charge >= 0.3 is 0 Å². The second-order valence-corrected chi connectivity index (χ2v) is 6.24. The lowest BCUT2D eigenvalue weighted by Gasteiger charge is -2.12. The number of ether oxygens (including phenoxy) is 1. The molecule has 2 aromatic rings. The van der Waals surface area contributed by atoms with E-state index in [1.165, 1.54) is 4.88 Å². The van der Waals surface area contributed by atoms with Crippen LogP contribution >= 0.6 is 35.3 Å². The van der Waals surface area contributed by atoms with Crippen LogP contribution in [0.2, 0.25) is 0 Å². The molecule has 2 N–H and O–H groups in total. The highest BCUT2D eigenvalue weighted by Crippen LogP contribution is 2.16. The highest BCUT2D eigenvalue weighted by atomic mass is 127. The maximum absolute atomic E-state index is 5.41. The molecule has 2 aromatic heterocycles. The average molecular weight is 461 g/mol. The van der Waals surface area contributed by atoms with E-state index in [-0.39, 0.29) is 24.0 Å². The smallest absolute Gasteiger partial charge is 0.213 e. The third-order valence-corrected chi connectivity index (χ3v) is 4.26. The summed E-state index contributed by atoms with van der Waals surface area (Å²) < 4.78 is 5.41. The summed E-state index contributed by atoms with van der Waals surface area (Å²) in [6.45, 7) is 7.99. The number of guanidine groups is 1. The van der Waals surface area contributed by atoms with E-state index in [1.807, 2.05) is 32.9 Å². The van der Waals surface area contributed by atoms with Crippen LogP contribution in [0.5, 0.6) is 5.88 Å². The lowest BCUT2D eigenvalue weighted by atomic mass is 10.2. The summed E-state index contributed by atoms with van der Waals surface area (Å²) in [5.41, 5.74) is 2.17. The van der Waals surface area contributed by atoms with Crippen LogP contribution < -0.4 is 15.4 Å². The Labute approximate surface area is 164 Å². The van der Waals surface area contributed by atoms with E-state index in [0.29, 0.717) is 19.0 Å². The third kappa shape index (κ3) is 6.23. The van der Waals surface area contributed by atoms with Crippen molar-refractivity contribution in [2.24, 2.45) is 4.99 Å². The third-order valence-electron chi connectivity index (χ3n) is 3.19. The molecular weight excluding hydrogens is 437 g/mol. The summed E-state index contributed by atoms with van der Waals surface area (Å²) in [5, 5.41) is 7.69. The molecule has 0 bridgehead atoms. The number of thiazole rings is 1. The van der Waals surface area contributed by atoms with Crippen molar-refractivity contribution in [1.82, 2.24) is 20.6 Å². The molecule has 0 radical (unpaired) electrons. The van der Waals surface area contributed by atoms with Gasteiger partial charge in [0.1, 0.15) is 0 Å². The highest BCUT2D eigenvalue weighted by molar-refractivity contribution is 14.0. The zero-order valence-corrected chi connectivity index (χ0v) is 17.6. The molecule has 0 unspecified atom stereocenters. The van der Waals surface area contributed by atoms with Crippen LogP contribution in [-0.2, 0) is 13.1 Å². The van der Waals surface area contributed by atoms with Gasteiger partial charge in [0.25, 0.3) is 0 Å². The highest BCUT2D eigenvalue weighted by Gasteiger charge is 2.06. The van der Waals surface area contributed by atoms with E-state index in [4.69, 9.17) is 4.74 Å². The van der Waals surface area contributed by atoms with E-state index in [2.05, 4.69) is 25.6 Å². The molecule has 0 saturated carbocycles. The van der Waals surface area contributed by atoms with Gasteiger partial charge in [-0.15, -0.1) is 35.3 Å². The van der Waals surface area contributed by atoms with Gasteiger partial charge in [-0.1, -0.05) is 0 Å². The van der Waals surface area contributed by atoms with E-state index in [9.17, 15) is 0 Å². The first kappa shape index (κ1) is 20.6. The molecule has 2 heterocycles. The molecule has 8 heteroatoms. The van der Waals surface area contributed by atoms with Crippen LogP contribution in [0.25, 0.3) is 0 Å². The molecule has 0 aliphatic rings. The number of aliphatic imine (C=N–C) groups is 1. The first-order chi connectivity index (χ1) is 11.1. The first-order valence-corrected chi connectivity index (χ1v) is 8.39. The quantitative estimate of drug-likeness (QED) is 0.393. The molecule has 0 atom stereocenters. The molecule has 0 aromatic carbocycles. The van der Waals surface area contributed by atoms with Gasteiger partial charge in [0.15, 0.2) is 5.96 Å². The molecule has 0 saturated heterocycles. The van der Waals surface area contributed by atoms with Gasteiger partial charge in [-0.2, -0.15) is 0 Å².